The molecular weight excluding hydrogens is 432 g/mol. The first kappa shape index (κ1) is 23.8. The van der Waals surface area contributed by atoms with Crippen LogP contribution in [0, 0.1) is 6.92 Å². The number of aliphatic hydroxyl groups is 1. The van der Waals surface area contributed by atoms with Gasteiger partial charge in [0.05, 0.1) is 11.7 Å². The molecule has 2 heterocycles. The number of aliphatic hydroxyl groups excluding tert-OH is 1. The Morgan fingerprint density at radius 1 is 1.34 bits per heavy atom. The van der Waals surface area contributed by atoms with Crippen molar-refractivity contribution < 1.29 is 19.8 Å². The zero-order valence-corrected chi connectivity index (χ0v) is 19.7. The van der Waals surface area contributed by atoms with Crippen LogP contribution in [-0.4, -0.2) is 55.6 Å². The standard InChI is InChI=1S/C23H29ClN4O4/c1-7-18(30)28-10-13(11-28)26-22(32)19-12(2)25-21(27(19)6)20(31)14-8-15(23(3,4)5)16(24)9-17(14)29/h7-9,13,20,29,31H,1,10-11H2,2-6H3,(H,26,32). The predicted octanol–water partition coefficient (Wildman–Crippen LogP) is 2.59. The van der Waals surface area contributed by atoms with Crippen LogP contribution < -0.4 is 5.32 Å². The number of halogens is 1. The molecule has 1 fully saturated rings. The third-order valence-electron chi connectivity index (χ3n) is 5.69. The maximum Gasteiger partial charge on any atom is 0.270 e. The molecule has 1 atom stereocenters. The maximum atomic E-state index is 12.9. The fourth-order valence-electron chi connectivity index (χ4n) is 3.86. The molecule has 2 amide bonds. The topological polar surface area (TPSA) is 108 Å². The third-order valence-corrected chi connectivity index (χ3v) is 6.00. The van der Waals surface area contributed by atoms with Crippen molar-refractivity contribution in [3.63, 3.8) is 0 Å². The summed E-state index contributed by atoms with van der Waals surface area (Å²) in [4.78, 5) is 30.4. The summed E-state index contributed by atoms with van der Waals surface area (Å²) in [6, 6.07) is 2.92. The summed E-state index contributed by atoms with van der Waals surface area (Å²) in [7, 11) is 1.64. The Morgan fingerprint density at radius 3 is 2.53 bits per heavy atom. The van der Waals surface area contributed by atoms with Crippen molar-refractivity contribution in [3.8, 4) is 5.75 Å². The number of aryl methyl sites for hydroxylation is 1. The smallest absolute Gasteiger partial charge is 0.270 e. The van der Waals surface area contributed by atoms with Gasteiger partial charge in [-0.25, -0.2) is 4.98 Å². The van der Waals surface area contributed by atoms with E-state index < -0.39 is 6.10 Å². The maximum absolute atomic E-state index is 12.9. The molecule has 0 saturated carbocycles. The Bertz CT molecular complexity index is 1080. The molecule has 0 bridgehead atoms. The number of hydrogen-bond acceptors (Lipinski definition) is 5. The van der Waals surface area contributed by atoms with Crippen LogP contribution in [-0.2, 0) is 17.3 Å². The van der Waals surface area contributed by atoms with Crippen molar-refractivity contribution in [2.24, 2.45) is 7.05 Å². The molecule has 3 N–H and O–H groups in total. The van der Waals surface area contributed by atoms with Crippen molar-refractivity contribution >= 4 is 23.4 Å². The molecule has 1 aromatic heterocycles. The van der Waals surface area contributed by atoms with Gasteiger partial charge in [0.2, 0.25) is 5.91 Å². The number of amides is 2. The van der Waals surface area contributed by atoms with Crippen LogP contribution >= 0.6 is 11.6 Å². The number of aromatic nitrogens is 2. The van der Waals surface area contributed by atoms with Gasteiger partial charge < -0.3 is 25.0 Å². The molecule has 172 valence electrons. The van der Waals surface area contributed by atoms with Gasteiger partial charge in [-0.3, -0.25) is 9.59 Å². The van der Waals surface area contributed by atoms with E-state index in [0.29, 0.717) is 29.5 Å². The van der Waals surface area contributed by atoms with Crippen LogP contribution in [0.25, 0.3) is 0 Å². The van der Waals surface area contributed by atoms with Crippen molar-refractivity contribution in [2.45, 2.75) is 45.3 Å². The monoisotopic (exact) mass is 460 g/mol. The largest absolute Gasteiger partial charge is 0.508 e. The molecule has 9 heteroatoms. The number of rotatable bonds is 5. The number of phenolic OH excluding ortho intramolecular Hbond substituents is 1. The average molecular weight is 461 g/mol. The van der Waals surface area contributed by atoms with Gasteiger partial charge in [-0.15, -0.1) is 0 Å². The van der Waals surface area contributed by atoms with Crippen molar-refractivity contribution in [3.05, 3.63) is 58.1 Å². The quantitative estimate of drug-likeness (QED) is 0.594. The van der Waals surface area contributed by atoms with Crippen molar-refractivity contribution in [1.82, 2.24) is 19.8 Å². The summed E-state index contributed by atoms with van der Waals surface area (Å²) < 4.78 is 1.52. The van der Waals surface area contributed by atoms with Crippen LogP contribution in [0.1, 0.15) is 60.0 Å². The van der Waals surface area contributed by atoms with Gasteiger partial charge in [-0.1, -0.05) is 39.0 Å². The predicted molar refractivity (Wildman–Crippen MR) is 122 cm³/mol. The van der Waals surface area contributed by atoms with Gasteiger partial charge in [0.15, 0.2) is 0 Å². The van der Waals surface area contributed by atoms with E-state index in [1.807, 2.05) is 20.8 Å². The van der Waals surface area contributed by atoms with E-state index in [1.165, 1.54) is 16.7 Å². The van der Waals surface area contributed by atoms with E-state index in [2.05, 4.69) is 16.9 Å². The van der Waals surface area contributed by atoms with Gasteiger partial charge in [-0.2, -0.15) is 0 Å². The molecule has 1 saturated heterocycles. The first-order valence-electron chi connectivity index (χ1n) is 10.3. The van der Waals surface area contributed by atoms with Gasteiger partial charge in [0.25, 0.3) is 5.91 Å². The minimum atomic E-state index is -1.26. The SMILES string of the molecule is C=CC(=O)N1CC(NC(=O)c2c(C)nc(C(O)c3cc(C(C)(C)C)c(Cl)cc3O)n2C)C1. The average Bonchev–Trinajstić information content (AvgIpc) is 2.96. The molecule has 1 aliphatic rings. The van der Waals surface area contributed by atoms with Gasteiger partial charge in [0, 0.05) is 30.7 Å². The van der Waals surface area contributed by atoms with Gasteiger partial charge in [-0.05, 0) is 36.1 Å². The Hall–Kier alpha value is -2.84. The van der Waals surface area contributed by atoms with Crippen molar-refractivity contribution in [2.75, 3.05) is 13.1 Å². The van der Waals surface area contributed by atoms with E-state index in [4.69, 9.17) is 11.6 Å². The highest BCUT2D eigenvalue weighted by molar-refractivity contribution is 6.31. The number of imidazole rings is 1. The number of carbonyl (C=O) groups excluding carboxylic acids is 2. The minimum absolute atomic E-state index is 0.149. The Kier molecular flexibility index (Phi) is 6.40. The second-order valence-electron chi connectivity index (χ2n) is 9.12. The van der Waals surface area contributed by atoms with E-state index >= 15 is 0 Å². The minimum Gasteiger partial charge on any atom is -0.508 e. The van der Waals surface area contributed by atoms with E-state index in [-0.39, 0.29) is 40.4 Å². The summed E-state index contributed by atoms with van der Waals surface area (Å²) in [5, 5.41) is 24.8. The second-order valence-corrected chi connectivity index (χ2v) is 9.53. The summed E-state index contributed by atoms with van der Waals surface area (Å²) >= 11 is 6.30. The molecule has 1 unspecified atom stereocenters. The highest BCUT2D eigenvalue weighted by Crippen LogP contribution is 2.38. The first-order chi connectivity index (χ1) is 14.8. The lowest BCUT2D eigenvalue weighted by molar-refractivity contribution is -0.130. The summed E-state index contributed by atoms with van der Waals surface area (Å²) in [5.41, 5.74) is 1.49. The fourth-order valence-corrected chi connectivity index (χ4v) is 4.30. The number of nitrogens with zero attached hydrogens (tertiary/aromatic N) is 3. The van der Waals surface area contributed by atoms with Crippen LogP contribution in [0.3, 0.4) is 0 Å². The van der Waals surface area contributed by atoms with Crippen LogP contribution in [0.15, 0.2) is 24.8 Å². The van der Waals surface area contributed by atoms with Crippen molar-refractivity contribution in [1.29, 1.82) is 0 Å². The highest BCUT2D eigenvalue weighted by Gasteiger charge is 2.33. The molecule has 32 heavy (non-hydrogen) atoms. The number of nitrogens with one attached hydrogen (secondary N) is 1. The molecule has 0 radical (unpaired) electrons. The van der Waals surface area contributed by atoms with Gasteiger partial charge >= 0.3 is 0 Å². The molecule has 1 aromatic carbocycles. The molecule has 2 aromatic rings. The summed E-state index contributed by atoms with van der Waals surface area (Å²) in [6.07, 6.45) is -0.0168. The number of benzene rings is 1. The second kappa shape index (κ2) is 8.60. The van der Waals surface area contributed by atoms with Crippen LogP contribution in [0.2, 0.25) is 5.02 Å². The Labute approximate surface area is 192 Å². The Balaban J connectivity index is 1.85. The van der Waals surface area contributed by atoms with E-state index in [0.717, 1.165) is 5.56 Å². The first-order valence-corrected chi connectivity index (χ1v) is 10.7. The highest BCUT2D eigenvalue weighted by atomic mass is 35.5. The number of hydrogen-bond donors (Lipinski definition) is 3. The lowest BCUT2D eigenvalue weighted by atomic mass is 9.85. The molecule has 1 aliphatic heterocycles. The van der Waals surface area contributed by atoms with Gasteiger partial charge in [0.1, 0.15) is 23.4 Å². The molecule has 8 nitrogen and oxygen atoms in total. The molecule has 3 rings (SSSR count). The molecular formula is C23H29ClN4O4. The normalized spacial score (nSPS) is 15.3. The van der Waals surface area contributed by atoms with E-state index in [1.54, 1.807) is 24.9 Å². The Morgan fingerprint density at radius 2 is 1.97 bits per heavy atom. The lowest BCUT2D eigenvalue weighted by Crippen LogP contribution is -2.60. The number of likely N-dealkylation sites (tertiary alicyclic amines) is 1. The summed E-state index contributed by atoms with van der Waals surface area (Å²) in [6.45, 7) is 11.9. The zero-order chi connectivity index (χ0) is 24.0. The molecule has 0 spiro atoms. The third kappa shape index (κ3) is 4.38. The number of carbonyl (C=O) groups is 2. The van der Waals surface area contributed by atoms with Crippen LogP contribution in [0.5, 0.6) is 5.75 Å². The van der Waals surface area contributed by atoms with E-state index in [9.17, 15) is 19.8 Å². The lowest BCUT2D eigenvalue weighted by Gasteiger charge is -2.38. The summed E-state index contributed by atoms with van der Waals surface area (Å²) in [5.74, 6) is -0.441. The number of aromatic hydroxyl groups is 1. The molecule has 0 aliphatic carbocycles. The fraction of sp³-hybridized carbons (Fsp3) is 0.435. The number of phenols is 1. The zero-order valence-electron chi connectivity index (χ0n) is 18.9. The van der Waals surface area contributed by atoms with Crippen LogP contribution in [0.4, 0.5) is 0 Å².